The van der Waals surface area contributed by atoms with Gasteiger partial charge < -0.3 is 5.32 Å². The number of para-hydroxylation sites is 1. The molecule has 0 saturated heterocycles. The summed E-state index contributed by atoms with van der Waals surface area (Å²) in [5.74, 6) is 0.369. The fourth-order valence-electron chi connectivity index (χ4n) is 3.03. The lowest BCUT2D eigenvalue weighted by Crippen LogP contribution is -2.38. The summed E-state index contributed by atoms with van der Waals surface area (Å²) in [5.41, 5.74) is 1.72. The maximum Gasteiger partial charge on any atom is 0.261 e. The average molecular weight is 349 g/mol. The van der Waals surface area contributed by atoms with E-state index >= 15 is 0 Å². The standard InChI is InChI=1S/C21H23N3O2/c1-15(12-13-17-8-4-3-5-9-17)22-20(25)14-24-16(2)23-19-11-7-6-10-18(19)21(24)26/h3-11,15H,12-14H2,1-2H3,(H,22,25). The molecule has 1 atom stereocenters. The molecule has 5 heteroatoms. The summed E-state index contributed by atoms with van der Waals surface area (Å²) in [7, 11) is 0. The van der Waals surface area contributed by atoms with E-state index in [0.717, 1.165) is 12.8 Å². The number of benzene rings is 2. The largest absolute Gasteiger partial charge is 0.352 e. The van der Waals surface area contributed by atoms with Gasteiger partial charge in [-0.1, -0.05) is 42.5 Å². The normalized spacial score (nSPS) is 12.1. The van der Waals surface area contributed by atoms with E-state index in [-0.39, 0.29) is 24.1 Å². The zero-order valence-electron chi connectivity index (χ0n) is 15.1. The maximum absolute atomic E-state index is 12.6. The first-order chi connectivity index (χ1) is 12.5. The Kier molecular flexibility index (Phi) is 5.46. The topological polar surface area (TPSA) is 64.0 Å². The lowest BCUT2D eigenvalue weighted by Gasteiger charge is -2.16. The minimum atomic E-state index is -0.180. The highest BCUT2D eigenvalue weighted by Crippen LogP contribution is 2.08. The number of hydrogen-bond donors (Lipinski definition) is 1. The van der Waals surface area contributed by atoms with Gasteiger partial charge in [0.15, 0.2) is 0 Å². The number of hydrogen-bond acceptors (Lipinski definition) is 3. The van der Waals surface area contributed by atoms with Gasteiger partial charge in [0.2, 0.25) is 5.91 Å². The van der Waals surface area contributed by atoms with Gasteiger partial charge in [-0.15, -0.1) is 0 Å². The third-order valence-electron chi connectivity index (χ3n) is 4.47. The molecule has 0 aliphatic rings. The molecule has 1 amide bonds. The van der Waals surface area contributed by atoms with Crippen LogP contribution in [0.5, 0.6) is 0 Å². The summed E-state index contributed by atoms with van der Waals surface area (Å²) in [5, 5.41) is 3.51. The Morgan fingerprint density at radius 2 is 1.81 bits per heavy atom. The summed E-state index contributed by atoms with van der Waals surface area (Å²) in [4.78, 5) is 29.4. The van der Waals surface area contributed by atoms with Crippen LogP contribution < -0.4 is 10.9 Å². The molecule has 0 aliphatic carbocycles. The fraction of sp³-hybridized carbons (Fsp3) is 0.286. The van der Waals surface area contributed by atoms with Crippen molar-refractivity contribution in [3.63, 3.8) is 0 Å². The number of rotatable bonds is 6. The molecule has 1 aromatic heterocycles. The molecular formula is C21H23N3O2. The van der Waals surface area contributed by atoms with E-state index in [2.05, 4.69) is 22.4 Å². The van der Waals surface area contributed by atoms with Crippen LogP contribution in [0.25, 0.3) is 10.9 Å². The molecule has 2 aromatic carbocycles. The highest BCUT2D eigenvalue weighted by atomic mass is 16.2. The number of carbonyl (C=O) groups is 1. The first kappa shape index (κ1) is 17.9. The molecule has 0 saturated carbocycles. The Hall–Kier alpha value is -2.95. The van der Waals surface area contributed by atoms with Crippen LogP contribution in [0.3, 0.4) is 0 Å². The monoisotopic (exact) mass is 349 g/mol. The molecule has 134 valence electrons. The number of nitrogens with one attached hydrogen (secondary N) is 1. The van der Waals surface area contributed by atoms with E-state index in [0.29, 0.717) is 16.7 Å². The van der Waals surface area contributed by atoms with Crippen LogP contribution in [0, 0.1) is 6.92 Å². The second-order valence-corrected chi connectivity index (χ2v) is 6.56. The minimum absolute atomic E-state index is 0.0157. The second kappa shape index (κ2) is 7.95. The number of aromatic nitrogens is 2. The average Bonchev–Trinajstić information content (AvgIpc) is 2.64. The van der Waals surface area contributed by atoms with Gasteiger partial charge in [0, 0.05) is 6.04 Å². The molecule has 0 bridgehead atoms. The summed E-state index contributed by atoms with van der Waals surface area (Å²) < 4.78 is 1.43. The summed E-state index contributed by atoms with van der Waals surface area (Å²) in [6.45, 7) is 3.72. The molecule has 1 heterocycles. The number of carbonyl (C=O) groups excluding carboxylic acids is 1. The maximum atomic E-state index is 12.6. The fourth-order valence-corrected chi connectivity index (χ4v) is 3.03. The Balaban J connectivity index is 1.64. The Morgan fingerprint density at radius 3 is 2.58 bits per heavy atom. The highest BCUT2D eigenvalue weighted by molar-refractivity contribution is 5.79. The summed E-state index contributed by atoms with van der Waals surface area (Å²) in [6, 6.07) is 17.4. The zero-order chi connectivity index (χ0) is 18.5. The molecule has 1 N–H and O–H groups in total. The van der Waals surface area contributed by atoms with E-state index in [1.54, 1.807) is 25.1 Å². The van der Waals surface area contributed by atoms with E-state index in [1.807, 2.05) is 31.2 Å². The summed E-state index contributed by atoms with van der Waals surface area (Å²) in [6.07, 6.45) is 1.75. The first-order valence-electron chi connectivity index (χ1n) is 8.84. The Bertz CT molecular complexity index is 964. The van der Waals surface area contributed by atoms with Gasteiger partial charge in [0.05, 0.1) is 10.9 Å². The number of fused-ring (bicyclic) bond motifs is 1. The lowest BCUT2D eigenvalue weighted by atomic mass is 10.1. The van der Waals surface area contributed by atoms with Gasteiger partial charge in [0.25, 0.3) is 5.56 Å². The van der Waals surface area contributed by atoms with Crippen LogP contribution in [-0.4, -0.2) is 21.5 Å². The van der Waals surface area contributed by atoms with Crippen molar-refractivity contribution in [1.29, 1.82) is 0 Å². The van der Waals surface area contributed by atoms with Gasteiger partial charge >= 0.3 is 0 Å². The predicted molar refractivity (Wildman–Crippen MR) is 103 cm³/mol. The van der Waals surface area contributed by atoms with Gasteiger partial charge in [-0.3, -0.25) is 14.2 Å². The van der Waals surface area contributed by atoms with Crippen LogP contribution in [0.2, 0.25) is 0 Å². The molecule has 0 spiro atoms. The predicted octanol–water partition coefficient (Wildman–Crippen LogP) is 2.84. The summed E-state index contributed by atoms with van der Waals surface area (Å²) >= 11 is 0. The van der Waals surface area contributed by atoms with Gasteiger partial charge in [-0.2, -0.15) is 0 Å². The van der Waals surface area contributed by atoms with Crippen LogP contribution in [0.1, 0.15) is 24.7 Å². The first-order valence-corrected chi connectivity index (χ1v) is 8.84. The molecule has 1 unspecified atom stereocenters. The molecule has 5 nitrogen and oxygen atoms in total. The van der Waals surface area contributed by atoms with Crippen LogP contribution in [0.4, 0.5) is 0 Å². The van der Waals surface area contributed by atoms with Crippen molar-refractivity contribution in [2.24, 2.45) is 0 Å². The zero-order valence-corrected chi connectivity index (χ0v) is 15.1. The van der Waals surface area contributed by atoms with Crippen molar-refractivity contribution in [2.45, 2.75) is 39.3 Å². The van der Waals surface area contributed by atoms with E-state index in [9.17, 15) is 9.59 Å². The van der Waals surface area contributed by atoms with Crippen LogP contribution >= 0.6 is 0 Å². The van der Waals surface area contributed by atoms with Crippen molar-refractivity contribution in [3.8, 4) is 0 Å². The Morgan fingerprint density at radius 1 is 1.12 bits per heavy atom. The quantitative estimate of drug-likeness (QED) is 0.744. The van der Waals surface area contributed by atoms with Gasteiger partial charge in [-0.25, -0.2) is 4.98 Å². The Labute approximate surface area is 152 Å². The smallest absolute Gasteiger partial charge is 0.261 e. The molecule has 3 aromatic rings. The number of nitrogens with zero attached hydrogens (tertiary/aromatic N) is 2. The van der Waals surface area contributed by atoms with Crippen LogP contribution in [0.15, 0.2) is 59.4 Å². The van der Waals surface area contributed by atoms with E-state index in [4.69, 9.17) is 0 Å². The van der Waals surface area contributed by atoms with Crippen molar-refractivity contribution >= 4 is 16.8 Å². The number of amides is 1. The van der Waals surface area contributed by atoms with Crippen molar-refractivity contribution in [2.75, 3.05) is 0 Å². The highest BCUT2D eigenvalue weighted by Gasteiger charge is 2.13. The second-order valence-electron chi connectivity index (χ2n) is 6.56. The molecule has 0 aliphatic heterocycles. The number of aryl methyl sites for hydroxylation is 2. The third-order valence-corrected chi connectivity index (χ3v) is 4.47. The van der Waals surface area contributed by atoms with Gasteiger partial charge in [0.1, 0.15) is 12.4 Å². The molecule has 0 radical (unpaired) electrons. The SMILES string of the molecule is Cc1nc2ccccc2c(=O)n1CC(=O)NC(C)CCc1ccccc1. The van der Waals surface area contributed by atoms with Crippen LogP contribution in [-0.2, 0) is 17.8 Å². The van der Waals surface area contributed by atoms with E-state index in [1.165, 1.54) is 10.1 Å². The molecular weight excluding hydrogens is 326 g/mol. The molecule has 26 heavy (non-hydrogen) atoms. The lowest BCUT2D eigenvalue weighted by molar-refractivity contribution is -0.122. The third kappa shape index (κ3) is 4.17. The van der Waals surface area contributed by atoms with Crippen molar-refractivity contribution in [1.82, 2.24) is 14.9 Å². The van der Waals surface area contributed by atoms with Crippen molar-refractivity contribution in [3.05, 3.63) is 76.3 Å². The molecule has 0 fully saturated rings. The van der Waals surface area contributed by atoms with E-state index < -0.39 is 0 Å². The van der Waals surface area contributed by atoms with Crippen molar-refractivity contribution < 1.29 is 4.79 Å². The van der Waals surface area contributed by atoms with Gasteiger partial charge in [-0.05, 0) is 44.4 Å². The minimum Gasteiger partial charge on any atom is -0.352 e. The molecule has 3 rings (SSSR count).